The average molecular weight is 182 g/mol. The number of hydrogen-bond acceptors (Lipinski definition) is 3. The van der Waals surface area contributed by atoms with Gasteiger partial charge in [0.25, 0.3) is 0 Å². The minimum absolute atomic E-state index is 0.157. The summed E-state index contributed by atoms with van der Waals surface area (Å²) in [6.07, 6.45) is 1.91. The fourth-order valence-corrected chi connectivity index (χ4v) is 1.87. The van der Waals surface area contributed by atoms with Gasteiger partial charge in [-0.25, -0.2) is 0 Å². The molecule has 2 heterocycles. The van der Waals surface area contributed by atoms with Crippen molar-refractivity contribution in [2.75, 3.05) is 13.1 Å². The Kier molecular flexibility index (Phi) is 2.14. The third kappa shape index (κ3) is 1.49. The van der Waals surface area contributed by atoms with Crippen LogP contribution >= 0.6 is 0 Å². The number of nitrogens with zero attached hydrogens (tertiary/aromatic N) is 1. The first kappa shape index (κ1) is 8.44. The van der Waals surface area contributed by atoms with Crippen molar-refractivity contribution in [2.24, 2.45) is 0 Å². The molecule has 4 heteroatoms. The molecule has 4 nitrogen and oxygen atoms in total. The van der Waals surface area contributed by atoms with Crippen molar-refractivity contribution in [3.8, 4) is 11.8 Å². The van der Waals surface area contributed by atoms with Gasteiger partial charge in [0.2, 0.25) is 0 Å². The van der Waals surface area contributed by atoms with Crippen molar-refractivity contribution >= 4 is 0 Å². The highest BCUT2D eigenvalue weighted by atomic mass is 16.3. The minimum Gasteiger partial charge on any atom is -0.494 e. The average Bonchev–Trinajstić information content (AvgIpc) is 2.48. The number of piperidine rings is 1. The van der Waals surface area contributed by atoms with E-state index in [-0.39, 0.29) is 17.8 Å². The molecule has 1 fully saturated rings. The predicted octanol–water partition coefficient (Wildman–Crippen LogP) is 0.824. The van der Waals surface area contributed by atoms with Crippen molar-refractivity contribution in [2.45, 2.75) is 18.9 Å². The van der Waals surface area contributed by atoms with Gasteiger partial charge in [0, 0.05) is 18.2 Å². The normalized spacial score (nSPS) is 19.1. The Morgan fingerprint density at radius 1 is 1.15 bits per heavy atom. The first-order chi connectivity index (χ1) is 6.29. The molecule has 0 spiro atoms. The van der Waals surface area contributed by atoms with Crippen LogP contribution in [0.3, 0.4) is 0 Å². The predicted molar refractivity (Wildman–Crippen MR) is 48.9 cm³/mol. The topological polar surface area (TPSA) is 57.4 Å². The zero-order valence-electron chi connectivity index (χ0n) is 7.40. The number of hydrogen-bond donors (Lipinski definition) is 3. The van der Waals surface area contributed by atoms with Crippen molar-refractivity contribution in [1.29, 1.82) is 0 Å². The maximum absolute atomic E-state index is 9.47. The van der Waals surface area contributed by atoms with Gasteiger partial charge >= 0.3 is 0 Å². The molecule has 0 amide bonds. The summed E-state index contributed by atoms with van der Waals surface area (Å²) >= 11 is 0. The summed E-state index contributed by atoms with van der Waals surface area (Å²) in [7, 11) is 0. The van der Waals surface area contributed by atoms with Gasteiger partial charge in [0.15, 0.2) is 11.8 Å². The SMILES string of the molecule is Oc1ccc(O)n1C1CCNCC1. The van der Waals surface area contributed by atoms with E-state index < -0.39 is 0 Å². The summed E-state index contributed by atoms with van der Waals surface area (Å²) in [4.78, 5) is 0. The highest BCUT2D eigenvalue weighted by Crippen LogP contribution is 2.30. The van der Waals surface area contributed by atoms with E-state index >= 15 is 0 Å². The van der Waals surface area contributed by atoms with E-state index in [2.05, 4.69) is 5.32 Å². The van der Waals surface area contributed by atoms with E-state index in [1.54, 1.807) is 4.57 Å². The maximum Gasteiger partial charge on any atom is 0.194 e. The third-order valence-corrected chi connectivity index (χ3v) is 2.55. The van der Waals surface area contributed by atoms with E-state index in [9.17, 15) is 10.2 Å². The molecule has 1 aliphatic heterocycles. The smallest absolute Gasteiger partial charge is 0.194 e. The molecular weight excluding hydrogens is 168 g/mol. The molecule has 1 aliphatic rings. The molecule has 0 unspecified atom stereocenters. The van der Waals surface area contributed by atoms with Crippen molar-refractivity contribution in [1.82, 2.24) is 9.88 Å². The zero-order valence-corrected chi connectivity index (χ0v) is 7.40. The van der Waals surface area contributed by atoms with Gasteiger partial charge in [-0.05, 0) is 25.9 Å². The van der Waals surface area contributed by atoms with Gasteiger partial charge < -0.3 is 15.5 Å². The summed E-state index contributed by atoms with van der Waals surface area (Å²) in [6.45, 7) is 1.89. The van der Waals surface area contributed by atoms with Gasteiger partial charge in [-0.15, -0.1) is 0 Å². The molecule has 2 rings (SSSR count). The summed E-state index contributed by atoms with van der Waals surface area (Å²) in [5.74, 6) is 0.314. The fraction of sp³-hybridized carbons (Fsp3) is 0.556. The van der Waals surface area contributed by atoms with Gasteiger partial charge in [-0.3, -0.25) is 4.57 Å². The van der Waals surface area contributed by atoms with E-state index in [1.165, 1.54) is 12.1 Å². The molecule has 13 heavy (non-hydrogen) atoms. The largest absolute Gasteiger partial charge is 0.494 e. The van der Waals surface area contributed by atoms with Crippen LogP contribution in [0.25, 0.3) is 0 Å². The molecule has 1 aromatic heterocycles. The van der Waals surface area contributed by atoms with Crippen LogP contribution < -0.4 is 5.32 Å². The molecule has 0 saturated carbocycles. The van der Waals surface area contributed by atoms with Crippen LogP contribution in [0.1, 0.15) is 18.9 Å². The Morgan fingerprint density at radius 3 is 2.23 bits per heavy atom. The lowest BCUT2D eigenvalue weighted by Crippen LogP contribution is -2.29. The van der Waals surface area contributed by atoms with Crippen LogP contribution in [-0.4, -0.2) is 27.9 Å². The molecule has 0 atom stereocenters. The molecule has 1 saturated heterocycles. The second-order valence-corrected chi connectivity index (χ2v) is 3.40. The van der Waals surface area contributed by atoms with E-state index in [4.69, 9.17) is 0 Å². The summed E-state index contributed by atoms with van der Waals surface area (Å²) in [6, 6.07) is 3.28. The second kappa shape index (κ2) is 3.30. The molecule has 0 radical (unpaired) electrons. The lowest BCUT2D eigenvalue weighted by molar-refractivity contribution is 0.290. The summed E-state index contributed by atoms with van der Waals surface area (Å²) < 4.78 is 1.60. The van der Waals surface area contributed by atoms with Crippen molar-refractivity contribution < 1.29 is 10.2 Å². The highest BCUT2D eigenvalue weighted by molar-refractivity contribution is 5.25. The molecule has 72 valence electrons. The molecule has 0 aromatic carbocycles. The van der Waals surface area contributed by atoms with Crippen LogP contribution in [0, 0.1) is 0 Å². The Labute approximate surface area is 76.8 Å². The Morgan fingerprint density at radius 2 is 1.69 bits per heavy atom. The van der Waals surface area contributed by atoms with Crippen LogP contribution in [-0.2, 0) is 0 Å². The number of aromatic hydroxyl groups is 2. The second-order valence-electron chi connectivity index (χ2n) is 3.40. The molecule has 1 aromatic rings. The number of aromatic nitrogens is 1. The molecule has 0 bridgehead atoms. The van der Waals surface area contributed by atoms with E-state index in [1.807, 2.05) is 0 Å². The van der Waals surface area contributed by atoms with E-state index in [0.29, 0.717) is 0 Å². The number of rotatable bonds is 1. The summed E-state index contributed by atoms with van der Waals surface area (Å²) in [5.41, 5.74) is 0. The number of nitrogens with one attached hydrogen (secondary N) is 1. The lowest BCUT2D eigenvalue weighted by Gasteiger charge is -2.25. The standard InChI is InChI=1S/C9H14N2O2/c12-8-1-2-9(13)11(8)7-3-5-10-6-4-7/h1-2,7,10,12-13H,3-6H2. The monoisotopic (exact) mass is 182 g/mol. The molecular formula is C9H14N2O2. The Bertz CT molecular complexity index is 270. The zero-order chi connectivity index (χ0) is 9.26. The molecule has 0 aliphatic carbocycles. The van der Waals surface area contributed by atoms with Crippen LogP contribution in [0.5, 0.6) is 11.8 Å². The highest BCUT2D eigenvalue weighted by Gasteiger charge is 2.19. The maximum atomic E-state index is 9.47. The minimum atomic E-state index is 0.157. The first-order valence-electron chi connectivity index (χ1n) is 4.59. The van der Waals surface area contributed by atoms with E-state index in [0.717, 1.165) is 25.9 Å². The van der Waals surface area contributed by atoms with Gasteiger partial charge in [-0.1, -0.05) is 0 Å². The van der Waals surface area contributed by atoms with Crippen molar-refractivity contribution in [3.05, 3.63) is 12.1 Å². The van der Waals surface area contributed by atoms with Gasteiger partial charge in [0.1, 0.15) is 0 Å². The fourth-order valence-electron chi connectivity index (χ4n) is 1.87. The van der Waals surface area contributed by atoms with Gasteiger partial charge in [-0.2, -0.15) is 0 Å². The summed E-state index contributed by atoms with van der Waals surface area (Å²) in [5, 5.41) is 22.2. The quantitative estimate of drug-likeness (QED) is 0.602. The Hall–Kier alpha value is -1.16. The Balaban J connectivity index is 2.22. The van der Waals surface area contributed by atoms with Crippen molar-refractivity contribution in [3.63, 3.8) is 0 Å². The first-order valence-corrected chi connectivity index (χ1v) is 4.59. The van der Waals surface area contributed by atoms with Crippen LogP contribution in [0.4, 0.5) is 0 Å². The third-order valence-electron chi connectivity index (χ3n) is 2.55. The van der Waals surface area contributed by atoms with Crippen LogP contribution in [0.2, 0.25) is 0 Å². The van der Waals surface area contributed by atoms with Crippen LogP contribution in [0.15, 0.2) is 12.1 Å². The molecule has 3 N–H and O–H groups in total. The lowest BCUT2D eigenvalue weighted by atomic mass is 10.1. The van der Waals surface area contributed by atoms with Gasteiger partial charge in [0.05, 0.1) is 0 Å².